The van der Waals surface area contributed by atoms with Crippen LogP contribution in [0.4, 0.5) is 0 Å². The third-order valence-electron chi connectivity index (χ3n) is 4.05. The van der Waals surface area contributed by atoms with Crippen LogP contribution in [0.1, 0.15) is 0 Å². The van der Waals surface area contributed by atoms with Crippen LogP contribution in [0.15, 0.2) is 48.5 Å². The molecular weight excluding hydrogens is 406 g/mol. The number of hydrogen-bond donors (Lipinski definition) is 4. The van der Waals surface area contributed by atoms with E-state index >= 15 is 0 Å². The number of rotatable bonds is 16. The Balaban J connectivity index is 1.39. The van der Waals surface area contributed by atoms with Gasteiger partial charge in [0, 0.05) is 0 Å². The van der Waals surface area contributed by atoms with Gasteiger partial charge in [0.15, 0.2) is 0 Å². The Morgan fingerprint density at radius 1 is 0.516 bits per heavy atom. The maximum Gasteiger partial charge on any atom is 0.488 e. The van der Waals surface area contributed by atoms with Crippen LogP contribution in [0, 0.1) is 0 Å². The Morgan fingerprint density at radius 3 is 1.23 bits per heavy atom. The van der Waals surface area contributed by atoms with E-state index in [1.54, 1.807) is 48.5 Å². The Morgan fingerprint density at radius 2 is 0.871 bits per heavy atom. The minimum absolute atomic E-state index is 0.342. The van der Waals surface area contributed by atoms with Crippen LogP contribution in [0.3, 0.4) is 0 Å². The van der Waals surface area contributed by atoms with Crippen LogP contribution >= 0.6 is 0 Å². The maximum absolute atomic E-state index is 9.12. The fourth-order valence-corrected chi connectivity index (χ4v) is 2.51. The second kappa shape index (κ2) is 14.8. The molecule has 0 bridgehead atoms. The maximum atomic E-state index is 9.12. The SMILES string of the molecule is OB(O)c1cccc(OCCOCCOCCOCCOc2cccc(B(O)O)c2)c1. The lowest BCUT2D eigenvalue weighted by atomic mass is 9.80. The van der Waals surface area contributed by atoms with Crippen LogP contribution in [-0.4, -0.2) is 87.2 Å². The molecule has 4 N–H and O–H groups in total. The summed E-state index contributed by atoms with van der Waals surface area (Å²) >= 11 is 0. The summed E-state index contributed by atoms with van der Waals surface area (Å²) < 4.78 is 27.2. The molecule has 0 aliphatic carbocycles. The first kappa shape index (κ1) is 25.2. The summed E-state index contributed by atoms with van der Waals surface area (Å²) in [7, 11) is -3.04. The smallest absolute Gasteiger partial charge is 0.488 e. The monoisotopic (exact) mass is 434 g/mol. The molecule has 0 amide bonds. The highest BCUT2D eigenvalue weighted by atomic mass is 16.6. The van der Waals surface area contributed by atoms with Gasteiger partial charge < -0.3 is 43.8 Å². The standard InChI is InChI=1S/C20H28B2O9/c23-21(24)17-3-1-5-19(15-17)30-13-11-28-9-7-27-8-10-29-12-14-31-20-6-2-4-18(16-20)22(25)26/h1-6,15-16,23-26H,7-14H2. The lowest BCUT2D eigenvalue weighted by Crippen LogP contribution is -2.29. The van der Waals surface area contributed by atoms with Gasteiger partial charge in [-0.2, -0.15) is 0 Å². The molecule has 0 aromatic heterocycles. The highest BCUT2D eigenvalue weighted by Gasteiger charge is 2.11. The van der Waals surface area contributed by atoms with E-state index in [0.29, 0.717) is 75.3 Å². The normalized spacial score (nSPS) is 10.7. The van der Waals surface area contributed by atoms with Gasteiger partial charge in [-0.15, -0.1) is 0 Å². The molecule has 0 spiro atoms. The van der Waals surface area contributed by atoms with Gasteiger partial charge in [0.25, 0.3) is 0 Å². The van der Waals surface area contributed by atoms with Crippen molar-refractivity contribution < 1.29 is 43.8 Å². The lowest BCUT2D eigenvalue weighted by Gasteiger charge is -2.10. The average molecular weight is 434 g/mol. The lowest BCUT2D eigenvalue weighted by molar-refractivity contribution is 0.00499. The van der Waals surface area contributed by atoms with E-state index in [2.05, 4.69) is 0 Å². The molecule has 0 aliphatic heterocycles. The van der Waals surface area contributed by atoms with Gasteiger partial charge in [-0.1, -0.05) is 24.3 Å². The van der Waals surface area contributed by atoms with Crippen molar-refractivity contribution >= 4 is 25.2 Å². The van der Waals surface area contributed by atoms with Crippen molar-refractivity contribution in [3.05, 3.63) is 48.5 Å². The molecule has 11 heteroatoms. The topological polar surface area (TPSA) is 127 Å². The minimum Gasteiger partial charge on any atom is -0.491 e. The van der Waals surface area contributed by atoms with Crippen molar-refractivity contribution in [3.8, 4) is 11.5 Å². The van der Waals surface area contributed by atoms with E-state index in [1.807, 2.05) is 0 Å². The van der Waals surface area contributed by atoms with Gasteiger partial charge in [0.05, 0.1) is 39.6 Å². The van der Waals surface area contributed by atoms with Crippen LogP contribution < -0.4 is 20.4 Å². The summed E-state index contributed by atoms with van der Waals surface area (Å²) in [5.41, 5.74) is 0.743. The second-order valence-electron chi connectivity index (χ2n) is 6.43. The molecule has 0 saturated heterocycles. The quantitative estimate of drug-likeness (QED) is 0.186. The van der Waals surface area contributed by atoms with Crippen molar-refractivity contribution in [2.45, 2.75) is 0 Å². The summed E-state index contributed by atoms with van der Waals surface area (Å²) in [5.74, 6) is 1.09. The predicted octanol–water partition coefficient (Wildman–Crippen LogP) is -1.45. The van der Waals surface area contributed by atoms with E-state index in [1.165, 1.54) is 0 Å². The van der Waals surface area contributed by atoms with E-state index in [9.17, 15) is 0 Å². The molecular formula is C20H28B2O9. The second-order valence-corrected chi connectivity index (χ2v) is 6.43. The van der Waals surface area contributed by atoms with Crippen molar-refractivity contribution in [3.63, 3.8) is 0 Å². The average Bonchev–Trinajstić information content (AvgIpc) is 2.77. The third-order valence-corrected chi connectivity index (χ3v) is 4.05. The Kier molecular flexibility index (Phi) is 12.0. The predicted molar refractivity (Wildman–Crippen MR) is 116 cm³/mol. The van der Waals surface area contributed by atoms with E-state index in [4.69, 9.17) is 43.8 Å². The molecule has 2 aromatic rings. The zero-order chi connectivity index (χ0) is 22.3. The highest BCUT2D eigenvalue weighted by Crippen LogP contribution is 2.08. The Labute approximate surface area is 182 Å². The zero-order valence-electron chi connectivity index (χ0n) is 17.3. The summed E-state index contributed by atoms with van der Waals surface area (Å²) in [6.07, 6.45) is 0. The van der Waals surface area contributed by atoms with Gasteiger partial charge in [0.2, 0.25) is 0 Å². The first-order valence-electron chi connectivity index (χ1n) is 9.97. The molecule has 2 aromatic carbocycles. The summed E-state index contributed by atoms with van der Waals surface area (Å²) in [6, 6.07) is 13.2. The Hall–Kier alpha value is -2.11. The van der Waals surface area contributed by atoms with Crippen molar-refractivity contribution in [1.82, 2.24) is 0 Å². The van der Waals surface area contributed by atoms with E-state index < -0.39 is 14.2 Å². The zero-order valence-corrected chi connectivity index (χ0v) is 17.3. The van der Waals surface area contributed by atoms with Gasteiger partial charge in [-0.05, 0) is 35.2 Å². The number of hydrogen-bond acceptors (Lipinski definition) is 9. The van der Waals surface area contributed by atoms with Crippen molar-refractivity contribution in [2.24, 2.45) is 0 Å². The summed E-state index contributed by atoms with van der Waals surface area (Å²) in [6.45, 7) is 3.17. The molecule has 0 saturated carbocycles. The van der Waals surface area contributed by atoms with Crippen LogP contribution in [0.2, 0.25) is 0 Å². The van der Waals surface area contributed by atoms with E-state index in [0.717, 1.165) is 0 Å². The molecule has 0 heterocycles. The molecule has 0 aliphatic rings. The fraction of sp³-hybridized carbons (Fsp3) is 0.400. The molecule has 2 rings (SSSR count). The molecule has 0 unspecified atom stereocenters. The highest BCUT2D eigenvalue weighted by molar-refractivity contribution is 6.59. The molecule has 31 heavy (non-hydrogen) atoms. The fourth-order valence-electron chi connectivity index (χ4n) is 2.51. The van der Waals surface area contributed by atoms with Gasteiger partial charge >= 0.3 is 14.2 Å². The number of benzene rings is 2. The van der Waals surface area contributed by atoms with Crippen molar-refractivity contribution in [1.29, 1.82) is 0 Å². The first-order valence-corrected chi connectivity index (χ1v) is 9.97. The van der Waals surface area contributed by atoms with Gasteiger partial charge in [-0.3, -0.25) is 0 Å². The molecule has 0 atom stereocenters. The van der Waals surface area contributed by atoms with Crippen LogP contribution in [-0.2, 0) is 14.2 Å². The van der Waals surface area contributed by atoms with Crippen LogP contribution in [0.5, 0.6) is 11.5 Å². The van der Waals surface area contributed by atoms with Gasteiger partial charge in [0.1, 0.15) is 24.7 Å². The molecule has 168 valence electrons. The molecule has 9 nitrogen and oxygen atoms in total. The van der Waals surface area contributed by atoms with E-state index in [-0.39, 0.29) is 0 Å². The largest absolute Gasteiger partial charge is 0.491 e. The Bertz CT molecular complexity index is 685. The van der Waals surface area contributed by atoms with Crippen LogP contribution in [0.25, 0.3) is 0 Å². The van der Waals surface area contributed by atoms with Gasteiger partial charge in [-0.25, -0.2) is 0 Å². The molecule has 0 fully saturated rings. The first-order chi connectivity index (χ1) is 15.1. The minimum atomic E-state index is -1.52. The molecule has 0 radical (unpaired) electrons. The number of ether oxygens (including phenoxy) is 5. The summed E-state index contributed by atoms with van der Waals surface area (Å²) in [4.78, 5) is 0. The third kappa shape index (κ3) is 10.7. The van der Waals surface area contributed by atoms with Crippen molar-refractivity contribution in [2.75, 3.05) is 52.9 Å². The summed E-state index contributed by atoms with van der Waals surface area (Å²) in [5, 5.41) is 36.5.